The van der Waals surface area contributed by atoms with E-state index in [4.69, 9.17) is 4.74 Å². The fraction of sp³-hybridized carbons (Fsp3) is 0.391. The van der Waals surface area contributed by atoms with Crippen LogP contribution >= 0.6 is 11.8 Å². The number of amides is 1. The summed E-state index contributed by atoms with van der Waals surface area (Å²) in [5.74, 6) is 1.60. The fourth-order valence-electron chi connectivity index (χ4n) is 4.12. The first-order chi connectivity index (χ1) is 14.7. The highest BCUT2D eigenvalue weighted by molar-refractivity contribution is 7.99. The molecular formula is C23H27N5O2S. The van der Waals surface area contributed by atoms with Crippen LogP contribution in [0.3, 0.4) is 0 Å². The largest absolute Gasteiger partial charge is 0.494 e. The predicted octanol–water partition coefficient (Wildman–Crippen LogP) is 4.46. The molecule has 162 valence electrons. The Hall–Kier alpha value is -2.87. The predicted molar refractivity (Wildman–Crippen MR) is 124 cm³/mol. The van der Waals surface area contributed by atoms with Gasteiger partial charge in [-0.25, -0.2) is 9.50 Å². The lowest BCUT2D eigenvalue weighted by Crippen LogP contribution is -2.49. The maximum absolute atomic E-state index is 13.4. The summed E-state index contributed by atoms with van der Waals surface area (Å²) in [5, 5.41) is 5.05. The smallest absolute Gasteiger partial charge is 0.253 e. The Morgan fingerprint density at radius 3 is 2.68 bits per heavy atom. The van der Waals surface area contributed by atoms with E-state index in [9.17, 15) is 4.79 Å². The van der Waals surface area contributed by atoms with Gasteiger partial charge in [-0.2, -0.15) is 4.98 Å². The standard InChI is InChI=1S/C23H27N5O2S/c1-7-30-17-8-9-19-18(11-17)14(2)12-23(5,6)27(19)20(29)13-31-22-25-21-24-15(3)10-16(4)28(21)26-22/h8-12H,7,13H2,1-6H3. The van der Waals surface area contributed by atoms with Crippen LogP contribution in [0.15, 0.2) is 35.5 Å². The van der Waals surface area contributed by atoms with E-state index in [1.165, 1.54) is 11.8 Å². The Bertz CT molecular complexity index is 1200. The van der Waals surface area contributed by atoms with Crippen LogP contribution in [0, 0.1) is 13.8 Å². The maximum atomic E-state index is 13.4. The number of aryl methyl sites for hydroxylation is 2. The van der Waals surface area contributed by atoms with Crippen molar-refractivity contribution in [2.45, 2.75) is 52.2 Å². The van der Waals surface area contributed by atoms with Gasteiger partial charge in [0.15, 0.2) is 0 Å². The van der Waals surface area contributed by atoms with Crippen molar-refractivity contribution < 1.29 is 9.53 Å². The summed E-state index contributed by atoms with van der Waals surface area (Å²) in [6.07, 6.45) is 2.13. The summed E-state index contributed by atoms with van der Waals surface area (Å²) >= 11 is 1.33. The molecule has 0 unspecified atom stereocenters. The second-order valence-electron chi connectivity index (χ2n) is 8.26. The number of carbonyl (C=O) groups excluding carboxylic acids is 1. The SMILES string of the molecule is CCOc1ccc2c(c1)C(C)=CC(C)(C)N2C(=O)CSc1nc2nc(C)cc(C)n2n1. The van der Waals surface area contributed by atoms with Crippen molar-refractivity contribution in [3.05, 3.63) is 47.3 Å². The Labute approximate surface area is 186 Å². The van der Waals surface area contributed by atoms with Crippen molar-refractivity contribution in [1.29, 1.82) is 0 Å². The number of ether oxygens (including phenoxy) is 1. The van der Waals surface area contributed by atoms with E-state index >= 15 is 0 Å². The van der Waals surface area contributed by atoms with Crippen LogP contribution in [0.25, 0.3) is 11.4 Å². The van der Waals surface area contributed by atoms with Gasteiger partial charge in [-0.3, -0.25) is 4.79 Å². The number of allylic oxidation sites excluding steroid dienone is 1. The molecule has 0 fully saturated rings. The number of carbonyl (C=O) groups is 1. The normalized spacial score (nSPS) is 15.0. The number of benzene rings is 1. The molecule has 1 aliphatic heterocycles. The van der Waals surface area contributed by atoms with Gasteiger partial charge >= 0.3 is 0 Å². The second kappa shape index (κ2) is 8.00. The van der Waals surface area contributed by atoms with Gasteiger partial charge in [0.2, 0.25) is 11.1 Å². The first kappa shape index (κ1) is 21.4. The number of rotatable bonds is 5. The van der Waals surface area contributed by atoms with Gasteiger partial charge < -0.3 is 9.64 Å². The minimum atomic E-state index is -0.441. The number of fused-ring (bicyclic) bond motifs is 2. The Morgan fingerprint density at radius 2 is 1.94 bits per heavy atom. The van der Waals surface area contributed by atoms with Gasteiger partial charge in [-0.1, -0.05) is 17.8 Å². The van der Waals surface area contributed by atoms with Crippen molar-refractivity contribution in [2.75, 3.05) is 17.3 Å². The molecule has 8 heteroatoms. The van der Waals surface area contributed by atoms with E-state index < -0.39 is 5.54 Å². The molecule has 0 saturated heterocycles. The summed E-state index contributed by atoms with van der Waals surface area (Å²) in [6, 6.07) is 7.86. The molecule has 1 aliphatic rings. The minimum absolute atomic E-state index is 0.00359. The highest BCUT2D eigenvalue weighted by Gasteiger charge is 2.36. The van der Waals surface area contributed by atoms with E-state index in [0.717, 1.165) is 34.0 Å². The molecule has 3 heterocycles. The molecule has 0 bridgehead atoms. The zero-order valence-corrected chi connectivity index (χ0v) is 19.6. The van der Waals surface area contributed by atoms with Crippen LogP contribution in [-0.2, 0) is 4.79 Å². The van der Waals surface area contributed by atoms with Crippen molar-refractivity contribution >= 4 is 34.7 Å². The van der Waals surface area contributed by atoms with Crippen LogP contribution in [-0.4, -0.2) is 43.4 Å². The average Bonchev–Trinajstić information content (AvgIpc) is 3.09. The van der Waals surface area contributed by atoms with E-state index in [-0.39, 0.29) is 11.7 Å². The molecule has 1 aromatic carbocycles. The monoisotopic (exact) mass is 437 g/mol. The van der Waals surface area contributed by atoms with Crippen molar-refractivity contribution in [1.82, 2.24) is 19.6 Å². The molecule has 7 nitrogen and oxygen atoms in total. The zero-order valence-electron chi connectivity index (χ0n) is 18.8. The maximum Gasteiger partial charge on any atom is 0.253 e. The third-order valence-corrected chi connectivity index (χ3v) is 6.09. The molecule has 4 rings (SSSR count). The Morgan fingerprint density at radius 1 is 1.16 bits per heavy atom. The summed E-state index contributed by atoms with van der Waals surface area (Å²) < 4.78 is 7.37. The van der Waals surface area contributed by atoms with Crippen LogP contribution < -0.4 is 9.64 Å². The van der Waals surface area contributed by atoms with Gasteiger partial charge in [0.05, 0.1) is 23.6 Å². The quantitative estimate of drug-likeness (QED) is 0.549. The third kappa shape index (κ3) is 4.04. The molecule has 0 aliphatic carbocycles. The average molecular weight is 438 g/mol. The molecule has 0 saturated carbocycles. The van der Waals surface area contributed by atoms with Crippen molar-refractivity contribution in [2.24, 2.45) is 0 Å². The Balaban J connectivity index is 1.60. The van der Waals surface area contributed by atoms with E-state index in [0.29, 0.717) is 17.5 Å². The lowest BCUT2D eigenvalue weighted by atomic mass is 9.88. The summed E-state index contributed by atoms with van der Waals surface area (Å²) in [4.78, 5) is 24.1. The van der Waals surface area contributed by atoms with Crippen LogP contribution in [0.2, 0.25) is 0 Å². The summed E-state index contributed by atoms with van der Waals surface area (Å²) in [6.45, 7) is 12.6. The van der Waals surface area contributed by atoms with Crippen LogP contribution in [0.5, 0.6) is 5.75 Å². The number of hydrogen-bond acceptors (Lipinski definition) is 6. The molecule has 0 N–H and O–H groups in total. The molecule has 0 spiro atoms. The molecule has 3 aromatic rings. The minimum Gasteiger partial charge on any atom is -0.494 e. The van der Waals surface area contributed by atoms with Crippen molar-refractivity contribution in [3.8, 4) is 5.75 Å². The number of anilines is 1. The summed E-state index contributed by atoms with van der Waals surface area (Å²) in [5.41, 5.74) is 4.47. The molecule has 0 atom stereocenters. The van der Waals surface area contributed by atoms with Crippen molar-refractivity contribution in [3.63, 3.8) is 0 Å². The van der Waals surface area contributed by atoms with Crippen LogP contribution in [0.1, 0.15) is 44.6 Å². The number of nitrogens with zero attached hydrogens (tertiary/aromatic N) is 5. The molecule has 0 radical (unpaired) electrons. The van der Waals surface area contributed by atoms with Crippen LogP contribution in [0.4, 0.5) is 5.69 Å². The topological polar surface area (TPSA) is 72.6 Å². The highest BCUT2D eigenvalue weighted by Crippen LogP contribution is 2.41. The zero-order chi connectivity index (χ0) is 22.3. The first-order valence-corrected chi connectivity index (χ1v) is 11.3. The lowest BCUT2D eigenvalue weighted by Gasteiger charge is -2.41. The van der Waals surface area contributed by atoms with Gasteiger partial charge in [0, 0.05) is 17.0 Å². The lowest BCUT2D eigenvalue weighted by molar-refractivity contribution is -0.116. The van der Waals surface area contributed by atoms with E-state index in [1.807, 2.05) is 49.9 Å². The Kier molecular flexibility index (Phi) is 5.51. The number of thioether (sulfide) groups is 1. The summed E-state index contributed by atoms with van der Waals surface area (Å²) in [7, 11) is 0. The second-order valence-corrected chi connectivity index (χ2v) is 9.20. The van der Waals surface area contributed by atoms with Gasteiger partial charge in [0.1, 0.15) is 5.75 Å². The number of hydrogen-bond donors (Lipinski definition) is 0. The van der Waals surface area contributed by atoms with E-state index in [2.05, 4.69) is 41.9 Å². The van der Waals surface area contributed by atoms with Gasteiger partial charge in [-0.05, 0) is 71.4 Å². The third-order valence-electron chi connectivity index (χ3n) is 5.26. The highest BCUT2D eigenvalue weighted by atomic mass is 32.2. The molecular weight excluding hydrogens is 410 g/mol. The van der Waals surface area contributed by atoms with E-state index in [1.54, 1.807) is 4.52 Å². The van der Waals surface area contributed by atoms with Gasteiger partial charge in [0.25, 0.3) is 5.78 Å². The molecule has 2 aromatic heterocycles. The fourth-order valence-corrected chi connectivity index (χ4v) is 4.79. The molecule has 1 amide bonds. The number of aromatic nitrogens is 4. The van der Waals surface area contributed by atoms with Gasteiger partial charge in [-0.15, -0.1) is 5.10 Å². The molecule has 31 heavy (non-hydrogen) atoms. The first-order valence-electron chi connectivity index (χ1n) is 10.3.